The molecule has 5 nitrogen and oxygen atoms in total. The molecule has 0 aliphatic carbocycles. The number of benzene rings is 1. The molecule has 154 valence electrons. The number of ether oxygens (including phenoxy) is 2. The van der Waals surface area contributed by atoms with Gasteiger partial charge in [0.2, 0.25) is 5.91 Å². The molecule has 0 radical (unpaired) electrons. The van der Waals surface area contributed by atoms with Gasteiger partial charge in [0.15, 0.2) is 0 Å². The van der Waals surface area contributed by atoms with Crippen molar-refractivity contribution >= 4 is 17.5 Å². The lowest BCUT2D eigenvalue weighted by Gasteiger charge is -2.40. The summed E-state index contributed by atoms with van der Waals surface area (Å²) in [4.78, 5) is 20.4. The molecule has 4 rings (SSSR count). The smallest absolute Gasteiger partial charge is 0.233 e. The summed E-state index contributed by atoms with van der Waals surface area (Å²) in [7, 11) is 0. The van der Waals surface area contributed by atoms with Crippen molar-refractivity contribution in [3.63, 3.8) is 0 Å². The molecule has 2 fully saturated rings. The van der Waals surface area contributed by atoms with Gasteiger partial charge < -0.3 is 14.4 Å². The summed E-state index contributed by atoms with van der Waals surface area (Å²) >= 11 is 6.11. The molecular formula is C23H27ClN2O3. The molecule has 0 saturated carbocycles. The Bertz CT molecular complexity index is 801. The van der Waals surface area contributed by atoms with Crippen molar-refractivity contribution in [3.05, 3.63) is 64.9 Å². The Kier molecular flexibility index (Phi) is 6.48. The minimum absolute atomic E-state index is 0.0878. The first-order chi connectivity index (χ1) is 14.2. The van der Waals surface area contributed by atoms with E-state index in [1.807, 2.05) is 47.4 Å². The van der Waals surface area contributed by atoms with Gasteiger partial charge in [0.25, 0.3) is 0 Å². The monoisotopic (exact) mass is 414 g/mol. The fourth-order valence-electron chi connectivity index (χ4n) is 4.36. The summed E-state index contributed by atoms with van der Waals surface area (Å²) in [6.45, 7) is 2.99. The minimum Gasteiger partial charge on any atom is -0.381 e. The van der Waals surface area contributed by atoms with Gasteiger partial charge in [-0.2, -0.15) is 0 Å². The molecule has 0 unspecified atom stereocenters. The van der Waals surface area contributed by atoms with Crippen LogP contribution in [0.15, 0.2) is 48.7 Å². The lowest BCUT2D eigenvalue weighted by atomic mass is 9.73. The van der Waals surface area contributed by atoms with E-state index in [2.05, 4.69) is 4.98 Å². The van der Waals surface area contributed by atoms with Gasteiger partial charge in [-0.05, 0) is 55.5 Å². The summed E-state index contributed by atoms with van der Waals surface area (Å²) in [6.07, 6.45) is 5.23. The highest BCUT2D eigenvalue weighted by molar-refractivity contribution is 6.30. The molecule has 2 aliphatic rings. The van der Waals surface area contributed by atoms with Gasteiger partial charge in [-0.25, -0.2) is 0 Å². The molecular weight excluding hydrogens is 388 g/mol. The van der Waals surface area contributed by atoms with Crippen molar-refractivity contribution in [3.8, 4) is 0 Å². The zero-order valence-corrected chi connectivity index (χ0v) is 17.3. The minimum atomic E-state index is -0.601. The van der Waals surface area contributed by atoms with Crippen LogP contribution < -0.4 is 0 Å². The van der Waals surface area contributed by atoms with Crippen LogP contribution >= 0.6 is 11.6 Å². The number of amides is 1. The SMILES string of the molecule is O=C(N(Cc1ccccn1)C[C@@H]1CCCO1)C1(c2ccc(Cl)cc2)CCOCC1. The fraction of sp³-hybridized carbons (Fsp3) is 0.478. The van der Waals surface area contributed by atoms with Crippen LogP contribution in [-0.2, 0) is 26.2 Å². The Hall–Kier alpha value is -1.95. The van der Waals surface area contributed by atoms with Gasteiger partial charge in [0.1, 0.15) is 0 Å². The largest absolute Gasteiger partial charge is 0.381 e. The summed E-state index contributed by atoms with van der Waals surface area (Å²) in [5.74, 6) is 0.129. The first-order valence-electron chi connectivity index (χ1n) is 10.3. The number of hydrogen-bond donors (Lipinski definition) is 0. The summed E-state index contributed by atoms with van der Waals surface area (Å²) in [6, 6.07) is 13.5. The molecule has 3 heterocycles. The van der Waals surface area contributed by atoms with Crippen LogP contribution in [0, 0.1) is 0 Å². The Morgan fingerprint density at radius 2 is 1.93 bits per heavy atom. The normalized spacial score (nSPS) is 21.1. The Labute approximate surface area is 177 Å². The molecule has 6 heteroatoms. The highest BCUT2D eigenvalue weighted by Gasteiger charge is 2.44. The van der Waals surface area contributed by atoms with Crippen LogP contribution in [0.2, 0.25) is 5.02 Å². The molecule has 2 aliphatic heterocycles. The predicted octanol–water partition coefficient (Wildman–Crippen LogP) is 3.99. The van der Waals surface area contributed by atoms with Gasteiger partial charge in [-0.15, -0.1) is 0 Å². The first kappa shape index (κ1) is 20.3. The quantitative estimate of drug-likeness (QED) is 0.717. The van der Waals surface area contributed by atoms with Crippen LogP contribution in [0.1, 0.15) is 36.9 Å². The van der Waals surface area contributed by atoms with Crippen molar-refractivity contribution in [2.24, 2.45) is 0 Å². The average Bonchev–Trinajstić information content (AvgIpc) is 3.28. The standard InChI is InChI=1S/C23H27ClN2O3/c24-19-8-6-18(7-9-19)23(10-14-28-15-11-23)22(27)26(17-21-5-3-13-29-21)16-20-4-1-2-12-25-20/h1-2,4,6-9,12,21H,3,5,10-11,13-17H2/t21-/m0/s1. The molecule has 29 heavy (non-hydrogen) atoms. The third kappa shape index (κ3) is 4.63. The molecule has 0 spiro atoms. The summed E-state index contributed by atoms with van der Waals surface area (Å²) < 4.78 is 11.5. The second-order valence-electron chi connectivity index (χ2n) is 7.84. The highest BCUT2D eigenvalue weighted by atomic mass is 35.5. The topological polar surface area (TPSA) is 51.7 Å². The third-order valence-corrected chi connectivity index (χ3v) is 6.22. The van der Waals surface area contributed by atoms with E-state index in [1.165, 1.54) is 0 Å². The number of nitrogens with zero attached hydrogens (tertiary/aromatic N) is 2. The van der Waals surface area contributed by atoms with E-state index < -0.39 is 5.41 Å². The Balaban J connectivity index is 1.65. The molecule has 1 aromatic carbocycles. The van der Waals surface area contributed by atoms with Gasteiger partial charge in [-0.1, -0.05) is 29.8 Å². The van der Waals surface area contributed by atoms with Crippen LogP contribution in [-0.4, -0.2) is 48.3 Å². The molecule has 2 aromatic rings. The van der Waals surface area contributed by atoms with Crippen molar-refractivity contribution in [1.29, 1.82) is 0 Å². The highest BCUT2D eigenvalue weighted by Crippen LogP contribution is 2.38. The van der Waals surface area contributed by atoms with E-state index in [0.29, 0.717) is 44.2 Å². The lowest BCUT2D eigenvalue weighted by molar-refractivity contribution is -0.143. The number of pyridine rings is 1. The third-order valence-electron chi connectivity index (χ3n) is 5.97. The van der Waals surface area contributed by atoms with Crippen molar-refractivity contribution in [1.82, 2.24) is 9.88 Å². The molecule has 1 atom stereocenters. The summed E-state index contributed by atoms with van der Waals surface area (Å²) in [5, 5.41) is 0.674. The van der Waals surface area contributed by atoms with E-state index >= 15 is 0 Å². The van der Waals surface area contributed by atoms with E-state index in [0.717, 1.165) is 30.7 Å². The Morgan fingerprint density at radius 3 is 2.59 bits per heavy atom. The zero-order chi connectivity index (χ0) is 20.1. The van der Waals surface area contributed by atoms with E-state index in [9.17, 15) is 4.79 Å². The number of carbonyl (C=O) groups excluding carboxylic acids is 1. The average molecular weight is 415 g/mol. The first-order valence-corrected chi connectivity index (χ1v) is 10.7. The van der Waals surface area contributed by atoms with E-state index in [4.69, 9.17) is 21.1 Å². The second kappa shape index (κ2) is 9.24. The Morgan fingerprint density at radius 1 is 1.14 bits per heavy atom. The van der Waals surface area contributed by atoms with Gasteiger partial charge in [-0.3, -0.25) is 9.78 Å². The fourth-order valence-corrected chi connectivity index (χ4v) is 4.48. The number of halogens is 1. The summed E-state index contributed by atoms with van der Waals surface area (Å²) in [5.41, 5.74) is 1.29. The maximum Gasteiger partial charge on any atom is 0.233 e. The lowest BCUT2D eigenvalue weighted by Crippen LogP contribution is -2.51. The van der Waals surface area contributed by atoms with Crippen LogP contribution in [0.3, 0.4) is 0 Å². The maximum absolute atomic E-state index is 14.1. The molecule has 1 amide bonds. The molecule has 0 N–H and O–H groups in total. The second-order valence-corrected chi connectivity index (χ2v) is 8.28. The van der Waals surface area contributed by atoms with Crippen LogP contribution in [0.25, 0.3) is 0 Å². The van der Waals surface area contributed by atoms with E-state index in [-0.39, 0.29) is 12.0 Å². The van der Waals surface area contributed by atoms with E-state index in [1.54, 1.807) is 6.20 Å². The van der Waals surface area contributed by atoms with Gasteiger partial charge in [0, 0.05) is 37.6 Å². The number of aromatic nitrogens is 1. The van der Waals surface area contributed by atoms with Gasteiger partial charge in [0.05, 0.1) is 23.8 Å². The number of carbonyl (C=O) groups is 1. The number of hydrogen-bond acceptors (Lipinski definition) is 4. The predicted molar refractivity (Wildman–Crippen MR) is 112 cm³/mol. The molecule has 0 bridgehead atoms. The molecule has 2 saturated heterocycles. The zero-order valence-electron chi connectivity index (χ0n) is 16.6. The van der Waals surface area contributed by atoms with Crippen LogP contribution in [0.4, 0.5) is 0 Å². The van der Waals surface area contributed by atoms with Crippen molar-refractivity contribution in [2.75, 3.05) is 26.4 Å². The molecule has 1 aromatic heterocycles. The van der Waals surface area contributed by atoms with Crippen molar-refractivity contribution in [2.45, 2.75) is 43.7 Å². The number of rotatable bonds is 6. The van der Waals surface area contributed by atoms with Crippen molar-refractivity contribution < 1.29 is 14.3 Å². The van der Waals surface area contributed by atoms with Gasteiger partial charge >= 0.3 is 0 Å². The maximum atomic E-state index is 14.1. The van der Waals surface area contributed by atoms with Crippen LogP contribution in [0.5, 0.6) is 0 Å².